The highest BCUT2D eigenvalue weighted by molar-refractivity contribution is 5.79. The summed E-state index contributed by atoms with van der Waals surface area (Å²) in [6.45, 7) is 5.18. The average molecular weight is 409 g/mol. The summed E-state index contributed by atoms with van der Waals surface area (Å²) in [5.74, 6) is 1.53. The Labute approximate surface area is 178 Å². The molecule has 1 saturated carbocycles. The molecule has 1 aromatic carbocycles. The van der Waals surface area contributed by atoms with Gasteiger partial charge in [-0.25, -0.2) is 0 Å². The molecule has 6 nitrogen and oxygen atoms in total. The minimum absolute atomic E-state index is 0.264. The zero-order valence-electron chi connectivity index (χ0n) is 17.7. The quantitative estimate of drug-likeness (QED) is 0.778. The first kappa shape index (κ1) is 18.7. The number of piperidine rings is 3. The molecule has 2 atom stereocenters. The molecule has 0 radical (unpaired) electrons. The van der Waals surface area contributed by atoms with Crippen molar-refractivity contribution in [1.82, 2.24) is 14.8 Å². The molecular weight excluding hydrogens is 376 g/mol. The second-order valence-corrected chi connectivity index (χ2v) is 9.82. The number of amides is 1. The first-order valence-electron chi connectivity index (χ1n) is 11.9. The Morgan fingerprint density at radius 1 is 0.933 bits per heavy atom. The van der Waals surface area contributed by atoms with Crippen LogP contribution in [0.25, 0.3) is 11.1 Å². The molecule has 2 aromatic rings. The Bertz CT molecular complexity index is 878. The lowest BCUT2D eigenvalue weighted by atomic mass is 9.92. The van der Waals surface area contributed by atoms with Crippen LogP contribution < -0.4 is 4.90 Å². The smallest absolute Gasteiger partial charge is 0.298 e. The van der Waals surface area contributed by atoms with Gasteiger partial charge in [-0.1, -0.05) is 12.1 Å². The van der Waals surface area contributed by atoms with E-state index < -0.39 is 0 Å². The summed E-state index contributed by atoms with van der Waals surface area (Å²) in [7, 11) is 0. The normalized spacial score (nSPS) is 28.7. The number of carbonyl (C=O) groups excluding carboxylic acids is 1. The van der Waals surface area contributed by atoms with Crippen molar-refractivity contribution in [3.8, 4) is 0 Å². The fraction of sp³-hybridized carbons (Fsp3) is 0.667. The third-order valence-corrected chi connectivity index (χ3v) is 8.11. The second-order valence-electron chi connectivity index (χ2n) is 9.82. The van der Waals surface area contributed by atoms with Gasteiger partial charge in [-0.05, 0) is 76.1 Å². The number of fused-ring (bicyclic) bond motifs is 3. The maximum atomic E-state index is 13.0. The fourth-order valence-electron chi connectivity index (χ4n) is 6.36. The maximum Gasteiger partial charge on any atom is 0.298 e. The molecule has 0 spiro atoms. The molecule has 6 heteroatoms. The highest BCUT2D eigenvalue weighted by Crippen LogP contribution is 2.39. The number of nitrogens with zero attached hydrogens (tertiary/aromatic N) is 4. The molecule has 1 amide bonds. The lowest BCUT2D eigenvalue weighted by molar-refractivity contribution is -0.139. The van der Waals surface area contributed by atoms with E-state index in [4.69, 9.17) is 4.42 Å². The molecule has 0 unspecified atom stereocenters. The van der Waals surface area contributed by atoms with Crippen LogP contribution in [0.1, 0.15) is 44.9 Å². The van der Waals surface area contributed by atoms with Gasteiger partial charge < -0.3 is 19.1 Å². The van der Waals surface area contributed by atoms with Crippen LogP contribution in [-0.4, -0.2) is 65.5 Å². The highest BCUT2D eigenvalue weighted by atomic mass is 16.4. The third kappa shape index (κ3) is 3.29. The fourth-order valence-corrected chi connectivity index (χ4v) is 6.36. The minimum atomic E-state index is 0.264. The van der Waals surface area contributed by atoms with Gasteiger partial charge in [0.15, 0.2) is 5.58 Å². The first-order valence-corrected chi connectivity index (χ1v) is 11.9. The van der Waals surface area contributed by atoms with Crippen LogP contribution in [0.15, 0.2) is 28.7 Å². The van der Waals surface area contributed by atoms with Crippen molar-refractivity contribution in [3.63, 3.8) is 0 Å². The molecule has 1 aromatic heterocycles. The molecule has 1 aliphatic carbocycles. The topological polar surface area (TPSA) is 52.8 Å². The van der Waals surface area contributed by atoms with Gasteiger partial charge in [-0.15, -0.1) is 0 Å². The second kappa shape index (κ2) is 7.56. The number of hydrogen-bond donors (Lipinski definition) is 0. The number of oxazole rings is 1. The zero-order valence-corrected chi connectivity index (χ0v) is 17.7. The number of hydrogen-bond acceptors (Lipinski definition) is 5. The van der Waals surface area contributed by atoms with E-state index in [-0.39, 0.29) is 5.92 Å². The summed E-state index contributed by atoms with van der Waals surface area (Å²) in [6.07, 6.45) is 8.23. The standard InChI is InChI=1S/C24H32N4O2/c29-23(28-16-17-5-6-20(28)15-17)18-7-11-26(12-8-18)19-9-13-27(14-10-19)24-25-21-3-1-2-4-22(21)30-24/h1-4,17-20H,5-16H2/t17-,20-/m0/s1. The number of para-hydroxylation sites is 2. The Morgan fingerprint density at radius 3 is 2.43 bits per heavy atom. The number of aromatic nitrogens is 1. The van der Waals surface area contributed by atoms with Crippen molar-refractivity contribution in [2.75, 3.05) is 37.6 Å². The van der Waals surface area contributed by atoms with Gasteiger partial charge in [0, 0.05) is 37.6 Å². The molecule has 4 fully saturated rings. The van der Waals surface area contributed by atoms with Gasteiger partial charge in [0.05, 0.1) is 0 Å². The van der Waals surface area contributed by atoms with E-state index in [1.165, 1.54) is 19.3 Å². The summed E-state index contributed by atoms with van der Waals surface area (Å²) >= 11 is 0. The van der Waals surface area contributed by atoms with Gasteiger partial charge in [0.2, 0.25) is 5.91 Å². The SMILES string of the molecule is O=C(C1CCN(C2CCN(c3nc4ccccc4o3)CC2)CC1)N1C[C@H]2CC[C@H]1C2. The van der Waals surface area contributed by atoms with E-state index in [1.54, 1.807) is 0 Å². The molecule has 2 bridgehead atoms. The number of likely N-dealkylation sites (tertiary alicyclic amines) is 2. The van der Waals surface area contributed by atoms with Crippen LogP contribution in [0.4, 0.5) is 6.01 Å². The van der Waals surface area contributed by atoms with E-state index in [0.29, 0.717) is 18.0 Å². The van der Waals surface area contributed by atoms with E-state index in [9.17, 15) is 4.79 Å². The molecule has 4 heterocycles. The Balaban J connectivity index is 1.01. The van der Waals surface area contributed by atoms with E-state index in [2.05, 4.69) is 19.7 Å². The maximum absolute atomic E-state index is 13.0. The van der Waals surface area contributed by atoms with Crippen LogP contribution >= 0.6 is 0 Å². The average Bonchev–Trinajstić information content (AvgIpc) is 3.54. The number of anilines is 1. The van der Waals surface area contributed by atoms with Gasteiger partial charge in [0.1, 0.15) is 5.52 Å². The summed E-state index contributed by atoms with van der Waals surface area (Å²) in [5.41, 5.74) is 1.81. The minimum Gasteiger partial charge on any atom is -0.423 e. The van der Waals surface area contributed by atoms with Crippen LogP contribution in [-0.2, 0) is 4.79 Å². The van der Waals surface area contributed by atoms with Crippen molar-refractivity contribution >= 4 is 23.0 Å². The van der Waals surface area contributed by atoms with Crippen molar-refractivity contribution in [2.45, 2.75) is 57.0 Å². The Hall–Kier alpha value is -2.08. The lowest BCUT2D eigenvalue weighted by Crippen LogP contribution is -2.50. The van der Waals surface area contributed by atoms with E-state index in [1.807, 2.05) is 24.3 Å². The molecule has 3 aliphatic heterocycles. The van der Waals surface area contributed by atoms with Gasteiger partial charge in [0.25, 0.3) is 6.01 Å². The monoisotopic (exact) mass is 408 g/mol. The molecule has 4 aliphatic rings. The predicted molar refractivity (Wildman–Crippen MR) is 116 cm³/mol. The van der Waals surface area contributed by atoms with Crippen LogP contribution in [0.2, 0.25) is 0 Å². The van der Waals surface area contributed by atoms with Crippen LogP contribution in [0, 0.1) is 11.8 Å². The largest absolute Gasteiger partial charge is 0.423 e. The van der Waals surface area contributed by atoms with Crippen molar-refractivity contribution in [3.05, 3.63) is 24.3 Å². The van der Waals surface area contributed by atoms with Crippen molar-refractivity contribution < 1.29 is 9.21 Å². The van der Waals surface area contributed by atoms with Gasteiger partial charge in [-0.2, -0.15) is 4.98 Å². The number of rotatable bonds is 3. The number of carbonyl (C=O) groups is 1. The molecule has 30 heavy (non-hydrogen) atoms. The summed E-state index contributed by atoms with van der Waals surface area (Å²) in [6, 6.07) is 9.95. The van der Waals surface area contributed by atoms with Gasteiger partial charge >= 0.3 is 0 Å². The van der Waals surface area contributed by atoms with Crippen LogP contribution in [0.5, 0.6) is 0 Å². The predicted octanol–water partition coefficient (Wildman–Crippen LogP) is 3.52. The van der Waals surface area contributed by atoms with E-state index >= 15 is 0 Å². The molecular formula is C24H32N4O2. The lowest BCUT2D eigenvalue weighted by Gasteiger charge is -2.42. The van der Waals surface area contributed by atoms with Crippen molar-refractivity contribution in [1.29, 1.82) is 0 Å². The Morgan fingerprint density at radius 2 is 1.73 bits per heavy atom. The summed E-state index contributed by atoms with van der Waals surface area (Å²) in [4.78, 5) is 24.9. The van der Waals surface area contributed by atoms with Gasteiger partial charge in [-0.3, -0.25) is 4.79 Å². The first-order chi connectivity index (χ1) is 14.7. The highest BCUT2D eigenvalue weighted by Gasteiger charge is 2.42. The zero-order chi connectivity index (χ0) is 20.1. The summed E-state index contributed by atoms with van der Waals surface area (Å²) in [5, 5.41) is 0. The van der Waals surface area contributed by atoms with Crippen molar-refractivity contribution in [2.24, 2.45) is 11.8 Å². The molecule has 3 saturated heterocycles. The Kier molecular flexibility index (Phi) is 4.70. The molecule has 0 N–H and O–H groups in total. The van der Waals surface area contributed by atoms with E-state index in [0.717, 1.165) is 81.4 Å². The van der Waals surface area contributed by atoms with Crippen LogP contribution in [0.3, 0.4) is 0 Å². The number of benzene rings is 1. The summed E-state index contributed by atoms with van der Waals surface area (Å²) < 4.78 is 5.96. The molecule has 6 rings (SSSR count). The third-order valence-electron chi connectivity index (χ3n) is 8.11. The molecule has 160 valence electrons.